The van der Waals surface area contributed by atoms with E-state index in [4.69, 9.17) is 9.47 Å². The van der Waals surface area contributed by atoms with Gasteiger partial charge in [0.15, 0.2) is 11.5 Å². The van der Waals surface area contributed by atoms with Crippen LogP contribution in [0.2, 0.25) is 0 Å². The van der Waals surface area contributed by atoms with E-state index in [1.165, 1.54) is 11.8 Å². The van der Waals surface area contributed by atoms with Crippen molar-refractivity contribution in [3.63, 3.8) is 0 Å². The van der Waals surface area contributed by atoms with Crippen LogP contribution in [0.4, 0.5) is 0 Å². The van der Waals surface area contributed by atoms with Crippen molar-refractivity contribution in [1.82, 2.24) is 15.3 Å². The van der Waals surface area contributed by atoms with Crippen LogP contribution in [0.3, 0.4) is 0 Å². The van der Waals surface area contributed by atoms with Crippen LogP contribution in [-0.4, -0.2) is 27.9 Å². The van der Waals surface area contributed by atoms with Crippen molar-refractivity contribution in [2.45, 2.75) is 23.7 Å². The molecule has 128 valence electrons. The monoisotopic (exact) mass is 373 g/mol. The standard InChI is InChI=1S/C17H15N3O3S2/c1-10(25-17-12-4-5-24-16(12)19-8-20-17)15(21)18-7-11-2-3-13-14(6-11)23-9-22-13/h2-6,8,10H,7,9H2,1H3,(H,18,21)/t10-/m1/s1. The minimum absolute atomic E-state index is 0.0374. The smallest absolute Gasteiger partial charge is 0.233 e. The fourth-order valence-electron chi connectivity index (χ4n) is 2.47. The van der Waals surface area contributed by atoms with Crippen molar-refractivity contribution in [3.05, 3.63) is 41.5 Å². The van der Waals surface area contributed by atoms with Crippen molar-refractivity contribution in [2.75, 3.05) is 6.79 Å². The molecule has 2 aromatic heterocycles. The largest absolute Gasteiger partial charge is 0.454 e. The molecule has 0 spiro atoms. The molecule has 0 fully saturated rings. The number of hydrogen-bond acceptors (Lipinski definition) is 7. The number of carbonyl (C=O) groups is 1. The Morgan fingerprint density at radius 1 is 1.32 bits per heavy atom. The number of nitrogens with zero attached hydrogens (tertiary/aromatic N) is 2. The normalized spacial score (nSPS) is 13.8. The molecule has 0 radical (unpaired) electrons. The van der Waals surface area contributed by atoms with Crippen LogP contribution in [0.5, 0.6) is 11.5 Å². The molecule has 8 heteroatoms. The third-order valence-electron chi connectivity index (χ3n) is 3.79. The lowest BCUT2D eigenvalue weighted by Gasteiger charge is -2.12. The summed E-state index contributed by atoms with van der Waals surface area (Å²) in [6, 6.07) is 7.65. The first-order valence-electron chi connectivity index (χ1n) is 7.72. The number of thiophene rings is 1. The molecule has 0 saturated heterocycles. The molecule has 0 unspecified atom stereocenters. The fraction of sp³-hybridized carbons (Fsp3) is 0.235. The minimum atomic E-state index is -0.257. The first kappa shape index (κ1) is 16.2. The molecule has 4 rings (SSSR count). The highest BCUT2D eigenvalue weighted by molar-refractivity contribution is 8.00. The van der Waals surface area contributed by atoms with Crippen molar-refractivity contribution < 1.29 is 14.3 Å². The van der Waals surface area contributed by atoms with Crippen LogP contribution >= 0.6 is 23.1 Å². The molecule has 1 aliphatic rings. The van der Waals surface area contributed by atoms with E-state index in [0.717, 1.165) is 32.3 Å². The highest BCUT2D eigenvalue weighted by atomic mass is 32.2. The number of carbonyl (C=O) groups excluding carboxylic acids is 1. The van der Waals surface area contributed by atoms with Crippen molar-refractivity contribution in [1.29, 1.82) is 0 Å². The van der Waals surface area contributed by atoms with Gasteiger partial charge in [-0.25, -0.2) is 9.97 Å². The van der Waals surface area contributed by atoms with Crippen LogP contribution < -0.4 is 14.8 Å². The zero-order valence-corrected chi connectivity index (χ0v) is 15.0. The molecule has 0 bridgehead atoms. The Morgan fingerprint density at radius 2 is 2.20 bits per heavy atom. The summed E-state index contributed by atoms with van der Waals surface area (Å²) in [5.74, 6) is 1.42. The number of fused-ring (bicyclic) bond motifs is 2. The Kier molecular flexibility index (Phi) is 4.46. The summed E-state index contributed by atoms with van der Waals surface area (Å²) in [5.41, 5.74) is 0.970. The Morgan fingerprint density at radius 3 is 3.12 bits per heavy atom. The predicted octanol–water partition coefficient (Wildman–Crippen LogP) is 3.22. The zero-order valence-electron chi connectivity index (χ0n) is 13.4. The first-order valence-corrected chi connectivity index (χ1v) is 9.48. The van der Waals surface area contributed by atoms with E-state index in [1.54, 1.807) is 17.7 Å². The Balaban J connectivity index is 1.38. The summed E-state index contributed by atoms with van der Waals surface area (Å²) in [7, 11) is 0. The average Bonchev–Trinajstić information content (AvgIpc) is 3.28. The number of hydrogen-bond donors (Lipinski definition) is 1. The molecule has 1 aromatic carbocycles. The van der Waals surface area contributed by atoms with Gasteiger partial charge in [-0.2, -0.15) is 0 Å². The molecular weight excluding hydrogens is 358 g/mol. The van der Waals surface area contributed by atoms with Crippen molar-refractivity contribution in [2.24, 2.45) is 0 Å². The minimum Gasteiger partial charge on any atom is -0.454 e. The van der Waals surface area contributed by atoms with Gasteiger partial charge in [0.05, 0.1) is 5.25 Å². The summed E-state index contributed by atoms with van der Waals surface area (Å²) in [4.78, 5) is 21.9. The molecule has 0 aliphatic carbocycles. The lowest BCUT2D eigenvalue weighted by Crippen LogP contribution is -2.30. The summed E-state index contributed by atoms with van der Waals surface area (Å²) in [6.07, 6.45) is 1.54. The quantitative estimate of drug-likeness (QED) is 0.547. The second-order valence-electron chi connectivity index (χ2n) is 5.48. The SMILES string of the molecule is C[C@@H](Sc1ncnc2sccc12)C(=O)NCc1ccc2c(c1)OCO2. The van der Waals surface area contributed by atoms with E-state index < -0.39 is 0 Å². The number of rotatable bonds is 5. The van der Waals surface area contributed by atoms with Crippen LogP contribution in [-0.2, 0) is 11.3 Å². The maximum Gasteiger partial charge on any atom is 0.233 e. The first-order chi connectivity index (χ1) is 12.2. The Bertz CT molecular complexity index is 928. The highest BCUT2D eigenvalue weighted by Crippen LogP contribution is 2.33. The summed E-state index contributed by atoms with van der Waals surface area (Å²) < 4.78 is 10.6. The summed E-state index contributed by atoms with van der Waals surface area (Å²) >= 11 is 3.01. The van der Waals surface area contributed by atoms with E-state index in [9.17, 15) is 4.79 Å². The van der Waals surface area contributed by atoms with Crippen molar-refractivity contribution >= 4 is 39.2 Å². The molecule has 3 heterocycles. The molecular formula is C17H15N3O3S2. The maximum absolute atomic E-state index is 12.4. The van der Waals surface area contributed by atoms with E-state index in [1.807, 2.05) is 36.6 Å². The van der Waals surface area contributed by atoms with Crippen LogP contribution in [0.1, 0.15) is 12.5 Å². The van der Waals surface area contributed by atoms with Gasteiger partial charge in [-0.05, 0) is 36.1 Å². The molecule has 1 amide bonds. The molecule has 0 saturated carbocycles. The van der Waals surface area contributed by atoms with Crippen LogP contribution in [0.25, 0.3) is 10.2 Å². The molecule has 25 heavy (non-hydrogen) atoms. The number of benzene rings is 1. The van der Waals surface area contributed by atoms with Gasteiger partial charge < -0.3 is 14.8 Å². The van der Waals surface area contributed by atoms with Gasteiger partial charge in [0.25, 0.3) is 0 Å². The zero-order chi connectivity index (χ0) is 17.2. The number of ether oxygens (including phenoxy) is 2. The highest BCUT2D eigenvalue weighted by Gasteiger charge is 2.18. The van der Waals surface area contributed by atoms with Crippen LogP contribution in [0, 0.1) is 0 Å². The number of aromatic nitrogens is 2. The molecule has 1 N–H and O–H groups in total. The maximum atomic E-state index is 12.4. The van der Waals surface area contributed by atoms with Gasteiger partial charge in [-0.15, -0.1) is 11.3 Å². The second-order valence-corrected chi connectivity index (χ2v) is 7.71. The summed E-state index contributed by atoms with van der Waals surface area (Å²) in [5, 5.41) is 6.50. The second kappa shape index (κ2) is 6.89. The van der Waals surface area contributed by atoms with Gasteiger partial charge in [0.2, 0.25) is 12.7 Å². The molecule has 6 nitrogen and oxygen atoms in total. The van der Waals surface area contributed by atoms with Crippen LogP contribution in [0.15, 0.2) is 41.0 Å². The van der Waals surface area contributed by atoms with E-state index in [-0.39, 0.29) is 18.0 Å². The molecule has 1 aliphatic heterocycles. The topological polar surface area (TPSA) is 73.3 Å². The summed E-state index contributed by atoms with van der Waals surface area (Å²) in [6.45, 7) is 2.56. The predicted molar refractivity (Wildman–Crippen MR) is 97.1 cm³/mol. The van der Waals surface area contributed by atoms with Crippen molar-refractivity contribution in [3.8, 4) is 11.5 Å². The van der Waals surface area contributed by atoms with Gasteiger partial charge >= 0.3 is 0 Å². The number of thioether (sulfide) groups is 1. The van der Waals surface area contributed by atoms with E-state index in [2.05, 4.69) is 15.3 Å². The van der Waals surface area contributed by atoms with E-state index in [0.29, 0.717) is 6.54 Å². The van der Waals surface area contributed by atoms with E-state index >= 15 is 0 Å². The number of nitrogens with one attached hydrogen (secondary N) is 1. The lowest BCUT2D eigenvalue weighted by molar-refractivity contribution is -0.120. The average molecular weight is 373 g/mol. The third kappa shape index (κ3) is 3.40. The van der Waals surface area contributed by atoms with Gasteiger partial charge in [0.1, 0.15) is 16.2 Å². The molecule has 1 atom stereocenters. The third-order valence-corrected chi connectivity index (χ3v) is 5.72. The number of amides is 1. The van der Waals surface area contributed by atoms with Gasteiger partial charge in [0, 0.05) is 11.9 Å². The Hall–Kier alpha value is -2.32. The Labute approximate surface area is 152 Å². The molecule has 3 aromatic rings. The van der Waals surface area contributed by atoms with Gasteiger partial charge in [-0.1, -0.05) is 17.8 Å². The fourth-order valence-corrected chi connectivity index (χ4v) is 4.19. The van der Waals surface area contributed by atoms with Gasteiger partial charge in [-0.3, -0.25) is 4.79 Å². The lowest BCUT2D eigenvalue weighted by atomic mass is 10.2.